The van der Waals surface area contributed by atoms with Crippen molar-refractivity contribution in [1.82, 2.24) is 0 Å². The van der Waals surface area contributed by atoms with E-state index in [1.54, 1.807) is 0 Å². The molecule has 0 unspecified atom stereocenters. The Hall–Kier alpha value is 1.01. The van der Waals surface area contributed by atoms with Gasteiger partial charge in [0.25, 0.3) is 0 Å². The fourth-order valence-corrected chi connectivity index (χ4v) is 2.01. The maximum absolute atomic E-state index is 6.24. The first-order valence-electron chi connectivity index (χ1n) is 3.41. The van der Waals surface area contributed by atoms with E-state index in [0.717, 1.165) is 18.5 Å². The van der Waals surface area contributed by atoms with Gasteiger partial charge in [-0.15, -0.1) is 0 Å². The molecule has 58 valence electrons. The van der Waals surface area contributed by atoms with Crippen LogP contribution in [0.2, 0.25) is 0 Å². The van der Waals surface area contributed by atoms with Crippen LogP contribution >= 0.6 is 27.8 Å². The van der Waals surface area contributed by atoms with Gasteiger partial charge < -0.3 is 0 Å². The molecule has 0 saturated heterocycles. The predicted molar refractivity (Wildman–Crippen MR) is 50.2 cm³/mol. The van der Waals surface area contributed by atoms with Crippen LogP contribution in [0, 0.1) is 0 Å². The van der Waals surface area contributed by atoms with E-state index in [4.69, 9.17) is 22.5 Å². The van der Waals surface area contributed by atoms with Gasteiger partial charge in [-0.3, -0.25) is 0 Å². The summed E-state index contributed by atoms with van der Waals surface area (Å²) in [6.45, 7) is 6.22. The van der Waals surface area contributed by atoms with Crippen molar-refractivity contribution < 1.29 is 0 Å². The third-order valence-corrected chi connectivity index (χ3v) is 10.5. The van der Waals surface area contributed by atoms with Gasteiger partial charge in [-0.25, -0.2) is 0 Å². The van der Waals surface area contributed by atoms with Crippen LogP contribution in [0.3, 0.4) is 0 Å². The SMILES string of the molecule is CCP(Cl)(Cl)(CC)CC. The molecule has 0 radical (unpaired) electrons. The molecule has 0 aromatic carbocycles. The molecule has 0 aliphatic heterocycles. The Labute approximate surface area is 67.4 Å². The molecule has 0 heterocycles. The number of hydrogen-bond acceptors (Lipinski definition) is 0. The zero-order valence-electron chi connectivity index (χ0n) is 6.32. The van der Waals surface area contributed by atoms with Crippen molar-refractivity contribution >= 4 is 27.8 Å². The van der Waals surface area contributed by atoms with E-state index in [2.05, 4.69) is 20.8 Å². The minimum absolute atomic E-state index is 0.946. The molecule has 0 aliphatic rings. The van der Waals surface area contributed by atoms with Crippen LogP contribution in [-0.2, 0) is 0 Å². The Morgan fingerprint density at radius 2 is 1.11 bits per heavy atom. The zero-order valence-corrected chi connectivity index (χ0v) is 8.73. The van der Waals surface area contributed by atoms with Gasteiger partial charge in [-0.2, -0.15) is 0 Å². The van der Waals surface area contributed by atoms with Gasteiger partial charge in [0.05, 0.1) is 0 Å². The van der Waals surface area contributed by atoms with Crippen molar-refractivity contribution in [3.63, 3.8) is 0 Å². The monoisotopic (exact) mass is 188 g/mol. The van der Waals surface area contributed by atoms with Gasteiger partial charge in [0, 0.05) is 0 Å². The molecule has 0 fully saturated rings. The van der Waals surface area contributed by atoms with E-state index in [-0.39, 0.29) is 0 Å². The van der Waals surface area contributed by atoms with Crippen molar-refractivity contribution in [3.8, 4) is 0 Å². The predicted octanol–water partition coefficient (Wildman–Crippen LogP) is 3.91. The first kappa shape index (κ1) is 10.0. The summed E-state index contributed by atoms with van der Waals surface area (Å²) in [5, 5.41) is -2.18. The van der Waals surface area contributed by atoms with Gasteiger partial charge in [-0.05, 0) is 0 Å². The summed E-state index contributed by atoms with van der Waals surface area (Å²) in [5.74, 6) is 0. The van der Waals surface area contributed by atoms with Crippen LogP contribution < -0.4 is 0 Å². The van der Waals surface area contributed by atoms with Crippen molar-refractivity contribution in [2.75, 3.05) is 18.5 Å². The molecular weight excluding hydrogens is 174 g/mol. The Balaban J connectivity index is 4.20. The second kappa shape index (κ2) is 2.95. The third-order valence-electron chi connectivity index (χ3n) is 2.06. The van der Waals surface area contributed by atoms with Gasteiger partial charge >= 0.3 is 67.0 Å². The average molecular weight is 189 g/mol. The summed E-state index contributed by atoms with van der Waals surface area (Å²) in [6.07, 6.45) is 2.84. The molecule has 0 nitrogen and oxygen atoms in total. The maximum atomic E-state index is 6.24. The Morgan fingerprint density at radius 3 is 1.11 bits per heavy atom. The minimum atomic E-state index is -2.18. The molecule has 0 rings (SSSR count). The molecule has 0 N–H and O–H groups in total. The Kier molecular flexibility index (Phi) is 3.28. The summed E-state index contributed by atoms with van der Waals surface area (Å²) in [5.41, 5.74) is 0. The van der Waals surface area contributed by atoms with Crippen molar-refractivity contribution in [2.45, 2.75) is 20.8 Å². The molecule has 0 spiro atoms. The summed E-state index contributed by atoms with van der Waals surface area (Å²) < 4.78 is 0. The fourth-order valence-electron chi connectivity index (χ4n) is 0.671. The van der Waals surface area contributed by atoms with Crippen LogP contribution in [0.1, 0.15) is 20.8 Å². The number of halogens is 2. The molecule has 0 saturated carbocycles. The molecule has 0 bridgehead atoms. The molecule has 0 amide bonds. The van der Waals surface area contributed by atoms with Gasteiger partial charge in [0.15, 0.2) is 0 Å². The van der Waals surface area contributed by atoms with Crippen LogP contribution in [0.15, 0.2) is 0 Å². The van der Waals surface area contributed by atoms with Gasteiger partial charge in [0.2, 0.25) is 0 Å². The van der Waals surface area contributed by atoms with Crippen molar-refractivity contribution in [1.29, 1.82) is 0 Å². The van der Waals surface area contributed by atoms with Crippen LogP contribution in [-0.4, -0.2) is 18.5 Å². The third kappa shape index (κ3) is 2.62. The van der Waals surface area contributed by atoms with E-state index in [0.29, 0.717) is 0 Å². The molecule has 9 heavy (non-hydrogen) atoms. The van der Waals surface area contributed by atoms with Crippen LogP contribution in [0.5, 0.6) is 0 Å². The molecule has 0 aliphatic carbocycles. The van der Waals surface area contributed by atoms with Crippen molar-refractivity contribution in [3.05, 3.63) is 0 Å². The standard InChI is InChI=1S/C6H15Cl2P/c1-4-9(7,8,5-2)6-3/h4-6H2,1-3H3. The number of rotatable bonds is 3. The molecule has 0 atom stereocenters. The zero-order chi connectivity index (χ0) is 7.57. The quantitative estimate of drug-likeness (QED) is 0.590. The van der Waals surface area contributed by atoms with E-state index in [1.807, 2.05) is 0 Å². The van der Waals surface area contributed by atoms with Gasteiger partial charge in [0.1, 0.15) is 0 Å². The fraction of sp³-hybridized carbons (Fsp3) is 1.00. The van der Waals surface area contributed by atoms with E-state index in [9.17, 15) is 0 Å². The second-order valence-electron chi connectivity index (χ2n) is 2.40. The second-order valence-corrected chi connectivity index (χ2v) is 13.0. The van der Waals surface area contributed by atoms with Crippen LogP contribution in [0.4, 0.5) is 0 Å². The normalized spacial score (nSPS) is 16.8. The Bertz CT molecular complexity index is 82.2. The van der Waals surface area contributed by atoms with Crippen molar-refractivity contribution in [2.24, 2.45) is 0 Å². The Morgan fingerprint density at radius 1 is 0.889 bits per heavy atom. The average Bonchev–Trinajstić information content (AvgIpc) is 1.90. The number of hydrogen-bond donors (Lipinski definition) is 0. The molecular formula is C6H15Cl2P. The van der Waals surface area contributed by atoms with Crippen LogP contribution in [0.25, 0.3) is 0 Å². The molecule has 0 aromatic heterocycles. The summed E-state index contributed by atoms with van der Waals surface area (Å²) in [6, 6.07) is 0. The molecule has 0 aromatic rings. The molecule has 3 heteroatoms. The van der Waals surface area contributed by atoms with E-state index in [1.165, 1.54) is 0 Å². The first-order chi connectivity index (χ1) is 3.96. The summed E-state index contributed by atoms with van der Waals surface area (Å²) in [7, 11) is 0. The van der Waals surface area contributed by atoms with E-state index >= 15 is 0 Å². The summed E-state index contributed by atoms with van der Waals surface area (Å²) >= 11 is 12.5. The summed E-state index contributed by atoms with van der Waals surface area (Å²) in [4.78, 5) is 0. The van der Waals surface area contributed by atoms with Gasteiger partial charge in [-0.1, -0.05) is 0 Å². The topological polar surface area (TPSA) is 0 Å². The van der Waals surface area contributed by atoms with E-state index < -0.39 is 5.31 Å². The first-order valence-corrected chi connectivity index (χ1v) is 8.01.